The molecule has 8 nitrogen and oxygen atoms in total. The highest BCUT2D eigenvalue weighted by Gasteiger charge is 2.35. The summed E-state index contributed by atoms with van der Waals surface area (Å²) in [5.74, 6) is -1.07. The van der Waals surface area contributed by atoms with Crippen LogP contribution in [0.4, 0.5) is 10.5 Å². The van der Waals surface area contributed by atoms with Crippen LogP contribution in [0.5, 0.6) is 11.5 Å². The summed E-state index contributed by atoms with van der Waals surface area (Å²) in [6.07, 6.45) is 1.43. The number of hydrogen-bond donors (Lipinski definition) is 3. The lowest BCUT2D eigenvalue weighted by atomic mass is 10.1. The van der Waals surface area contributed by atoms with Crippen LogP contribution in [0.3, 0.4) is 0 Å². The van der Waals surface area contributed by atoms with Crippen molar-refractivity contribution >= 4 is 61.5 Å². The van der Waals surface area contributed by atoms with E-state index in [-0.39, 0.29) is 17.2 Å². The molecule has 3 N–H and O–H groups in total. The molecule has 0 spiro atoms. The summed E-state index contributed by atoms with van der Waals surface area (Å²) in [6.45, 7) is 1.46. The number of amides is 4. The van der Waals surface area contributed by atoms with Gasteiger partial charge in [-0.25, -0.2) is 9.69 Å². The summed E-state index contributed by atoms with van der Waals surface area (Å²) in [5, 5.41) is 15.1. The van der Waals surface area contributed by atoms with Crippen molar-refractivity contribution in [1.82, 2.24) is 10.2 Å². The molecule has 1 aliphatic heterocycles. The van der Waals surface area contributed by atoms with E-state index in [1.807, 2.05) is 13.0 Å². The van der Waals surface area contributed by atoms with Crippen LogP contribution in [0, 0.1) is 6.92 Å². The maximum Gasteiger partial charge on any atom is 0.329 e. The van der Waals surface area contributed by atoms with E-state index in [1.165, 1.54) is 19.3 Å². The van der Waals surface area contributed by atoms with Crippen molar-refractivity contribution in [3.63, 3.8) is 0 Å². The first-order valence-corrected chi connectivity index (χ1v) is 10.3. The summed E-state index contributed by atoms with van der Waals surface area (Å²) < 4.78 is 5.90. The molecule has 1 aliphatic rings. The number of nitrogens with one attached hydrogen (secondary N) is 2. The van der Waals surface area contributed by atoms with Crippen LogP contribution < -0.4 is 15.4 Å². The van der Waals surface area contributed by atoms with Crippen LogP contribution in [0.1, 0.15) is 11.1 Å². The second kappa shape index (κ2) is 8.88. The predicted octanol–water partition coefficient (Wildman–Crippen LogP) is 3.77. The lowest BCUT2D eigenvalue weighted by Crippen LogP contribution is -2.38. The molecule has 0 aromatic heterocycles. The summed E-state index contributed by atoms with van der Waals surface area (Å²) in [4.78, 5) is 38.0. The van der Waals surface area contributed by atoms with Gasteiger partial charge in [0.2, 0.25) is 5.91 Å². The average Bonchev–Trinajstić information content (AvgIpc) is 2.95. The largest absolute Gasteiger partial charge is 0.503 e. The van der Waals surface area contributed by atoms with Crippen LogP contribution in [0.2, 0.25) is 0 Å². The molecule has 0 aliphatic carbocycles. The summed E-state index contributed by atoms with van der Waals surface area (Å²) >= 11 is 6.56. The number of methoxy groups -OCH3 is 1. The number of rotatable bonds is 5. The predicted molar refractivity (Wildman–Crippen MR) is 118 cm³/mol. The topological polar surface area (TPSA) is 108 Å². The summed E-state index contributed by atoms with van der Waals surface area (Å²) in [5.41, 5.74) is 2.01. The molecule has 0 bridgehead atoms. The Morgan fingerprint density at radius 3 is 2.67 bits per heavy atom. The molecule has 10 heteroatoms. The van der Waals surface area contributed by atoms with Crippen molar-refractivity contribution in [2.75, 3.05) is 19.0 Å². The third kappa shape index (κ3) is 4.49. The fourth-order valence-corrected chi connectivity index (χ4v) is 3.65. The Hall–Kier alpha value is -2.85. The molecule has 0 unspecified atom stereocenters. The Bertz CT molecular complexity index is 1080. The molecular formula is C20H17Br2N3O5. The maximum absolute atomic E-state index is 12.7. The first-order chi connectivity index (χ1) is 14.2. The number of benzene rings is 2. The van der Waals surface area contributed by atoms with Crippen molar-refractivity contribution in [1.29, 1.82) is 0 Å². The second-order valence-corrected chi connectivity index (χ2v) is 8.03. The standard InChI is InChI=1S/C20H17Br2N3O5/c1-10-4-3-5-12(6-10)23-15(26)9-25-19(28)13(24-20(25)29)7-11-8-14(30-2)18(27)17(22)16(11)21/h3-8,27H,9H2,1-2H3,(H,23,26)(H,24,29)/b13-7+. The number of nitrogens with zero attached hydrogens (tertiary/aromatic N) is 1. The van der Waals surface area contributed by atoms with Gasteiger partial charge in [0.1, 0.15) is 12.2 Å². The highest BCUT2D eigenvalue weighted by atomic mass is 79.9. The summed E-state index contributed by atoms with van der Waals surface area (Å²) in [6, 6.07) is 7.98. The monoisotopic (exact) mass is 537 g/mol. The Morgan fingerprint density at radius 1 is 1.27 bits per heavy atom. The van der Waals surface area contributed by atoms with Gasteiger partial charge in [-0.3, -0.25) is 9.59 Å². The molecule has 2 aromatic rings. The van der Waals surface area contributed by atoms with Gasteiger partial charge in [-0.15, -0.1) is 0 Å². The number of carbonyl (C=O) groups is 3. The quantitative estimate of drug-likeness (QED) is 0.397. The molecular weight excluding hydrogens is 522 g/mol. The molecule has 3 rings (SSSR count). The fourth-order valence-electron chi connectivity index (χ4n) is 2.81. The van der Waals surface area contributed by atoms with Gasteiger partial charge in [-0.05, 0) is 74.2 Å². The second-order valence-electron chi connectivity index (χ2n) is 6.44. The van der Waals surface area contributed by atoms with Gasteiger partial charge in [0, 0.05) is 10.2 Å². The van der Waals surface area contributed by atoms with E-state index in [9.17, 15) is 19.5 Å². The number of aromatic hydroxyl groups is 1. The van der Waals surface area contributed by atoms with Crippen molar-refractivity contribution in [3.8, 4) is 11.5 Å². The number of carbonyl (C=O) groups excluding carboxylic acids is 3. The van der Waals surface area contributed by atoms with Gasteiger partial charge in [0.05, 0.1) is 11.6 Å². The normalized spacial score (nSPS) is 14.8. The molecule has 1 saturated heterocycles. The van der Waals surface area contributed by atoms with Gasteiger partial charge < -0.3 is 20.5 Å². The van der Waals surface area contributed by atoms with Gasteiger partial charge in [0.25, 0.3) is 5.91 Å². The average molecular weight is 539 g/mol. The molecule has 0 radical (unpaired) electrons. The Balaban J connectivity index is 1.79. The maximum atomic E-state index is 12.7. The Kier molecular flexibility index (Phi) is 6.47. The number of urea groups is 1. The van der Waals surface area contributed by atoms with E-state index < -0.39 is 24.4 Å². The summed E-state index contributed by atoms with van der Waals surface area (Å²) in [7, 11) is 1.39. The van der Waals surface area contributed by atoms with E-state index in [0.717, 1.165) is 10.5 Å². The molecule has 156 valence electrons. The SMILES string of the molecule is COc1cc(/C=C2/NC(=O)N(CC(=O)Nc3cccc(C)c3)C2=O)c(Br)c(Br)c1O. The zero-order chi connectivity index (χ0) is 22.0. The minimum absolute atomic E-state index is 0.0105. The van der Waals surface area contributed by atoms with E-state index in [0.29, 0.717) is 20.2 Å². The van der Waals surface area contributed by atoms with Crippen molar-refractivity contribution < 1.29 is 24.2 Å². The smallest absolute Gasteiger partial charge is 0.329 e. The fraction of sp³-hybridized carbons (Fsp3) is 0.150. The van der Waals surface area contributed by atoms with E-state index in [1.54, 1.807) is 18.2 Å². The number of phenols is 1. The molecule has 4 amide bonds. The molecule has 0 atom stereocenters. The lowest BCUT2D eigenvalue weighted by Gasteiger charge is -2.12. The highest BCUT2D eigenvalue weighted by molar-refractivity contribution is 9.13. The zero-order valence-corrected chi connectivity index (χ0v) is 19.1. The minimum Gasteiger partial charge on any atom is -0.503 e. The molecule has 1 fully saturated rings. The van der Waals surface area contributed by atoms with E-state index >= 15 is 0 Å². The number of aryl methyl sites for hydroxylation is 1. The number of anilines is 1. The number of imide groups is 1. The van der Waals surface area contributed by atoms with Gasteiger partial charge in [-0.1, -0.05) is 12.1 Å². The van der Waals surface area contributed by atoms with Crippen molar-refractivity contribution in [3.05, 3.63) is 56.1 Å². The Morgan fingerprint density at radius 2 is 2.00 bits per heavy atom. The number of phenolic OH excluding ortho intramolecular Hbond substituents is 1. The van der Waals surface area contributed by atoms with Crippen molar-refractivity contribution in [2.24, 2.45) is 0 Å². The van der Waals surface area contributed by atoms with Gasteiger partial charge in [-0.2, -0.15) is 0 Å². The third-order valence-electron chi connectivity index (χ3n) is 4.26. The van der Waals surface area contributed by atoms with Gasteiger partial charge in [0.15, 0.2) is 11.5 Å². The van der Waals surface area contributed by atoms with Crippen LogP contribution in [-0.2, 0) is 9.59 Å². The Labute approximate surface area is 189 Å². The number of ether oxygens (including phenoxy) is 1. The molecule has 2 aromatic carbocycles. The number of hydrogen-bond acceptors (Lipinski definition) is 5. The van der Waals surface area contributed by atoms with E-state index in [4.69, 9.17) is 4.74 Å². The van der Waals surface area contributed by atoms with Crippen LogP contribution in [0.25, 0.3) is 6.08 Å². The molecule has 0 saturated carbocycles. The zero-order valence-electron chi connectivity index (χ0n) is 16.0. The molecule has 1 heterocycles. The minimum atomic E-state index is -0.702. The van der Waals surface area contributed by atoms with Crippen LogP contribution >= 0.6 is 31.9 Å². The first-order valence-electron chi connectivity index (χ1n) is 8.67. The van der Waals surface area contributed by atoms with E-state index in [2.05, 4.69) is 42.5 Å². The van der Waals surface area contributed by atoms with Crippen LogP contribution in [0.15, 0.2) is 45.0 Å². The van der Waals surface area contributed by atoms with Gasteiger partial charge >= 0.3 is 6.03 Å². The highest BCUT2D eigenvalue weighted by Crippen LogP contribution is 2.42. The van der Waals surface area contributed by atoms with Crippen LogP contribution in [-0.4, -0.2) is 41.5 Å². The molecule has 30 heavy (non-hydrogen) atoms. The van der Waals surface area contributed by atoms with Crippen molar-refractivity contribution in [2.45, 2.75) is 6.92 Å². The third-order valence-corrected chi connectivity index (χ3v) is 6.42. The first kappa shape index (κ1) is 21.8. The lowest BCUT2D eigenvalue weighted by molar-refractivity contribution is -0.127. The number of halogens is 2.